The largest absolute Gasteiger partial charge is 0.493 e. The molecule has 0 aliphatic rings. The van der Waals surface area contributed by atoms with Crippen molar-refractivity contribution < 1.29 is 9.47 Å². The molecule has 0 radical (unpaired) electrons. The molecule has 0 atom stereocenters. The molecule has 1 N–H and O–H groups in total. The molecule has 29 heavy (non-hydrogen) atoms. The minimum absolute atomic E-state index is 0.340. The van der Waals surface area contributed by atoms with Crippen LogP contribution in [0.5, 0.6) is 11.5 Å². The summed E-state index contributed by atoms with van der Waals surface area (Å²) in [7, 11) is 1.62. The van der Waals surface area contributed by atoms with Crippen molar-refractivity contribution in [1.82, 2.24) is 10.2 Å². The van der Waals surface area contributed by atoms with Crippen LogP contribution in [0.2, 0.25) is 15.1 Å². The Balaban J connectivity index is 1.93. The van der Waals surface area contributed by atoms with Crippen LogP contribution in [-0.2, 0) is 13.2 Å². The number of rotatable bonds is 12. The molecule has 0 amide bonds. The van der Waals surface area contributed by atoms with Crippen molar-refractivity contribution >= 4 is 34.8 Å². The van der Waals surface area contributed by atoms with E-state index in [4.69, 9.17) is 44.3 Å². The van der Waals surface area contributed by atoms with E-state index in [-0.39, 0.29) is 0 Å². The molecule has 0 fully saturated rings. The average Bonchev–Trinajstić information content (AvgIpc) is 2.72. The molecule has 0 spiro atoms. The van der Waals surface area contributed by atoms with E-state index in [9.17, 15) is 0 Å². The van der Waals surface area contributed by atoms with Crippen molar-refractivity contribution in [2.45, 2.75) is 33.4 Å². The molecule has 0 aliphatic heterocycles. The van der Waals surface area contributed by atoms with Gasteiger partial charge in [0, 0.05) is 17.6 Å². The third kappa shape index (κ3) is 7.54. The highest BCUT2D eigenvalue weighted by Crippen LogP contribution is 2.34. The number of ether oxygens (including phenoxy) is 2. The topological polar surface area (TPSA) is 33.7 Å². The highest BCUT2D eigenvalue weighted by Gasteiger charge is 2.11. The van der Waals surface area contributed by atoms with Crippen molar-refractivity contribution in [3.05, 3.63) is 56.5 Å². The Kier molecular flexibility index (Phi) is 10.4. The van der Waals surface area contributed by atoms with Gasteiger partial charge in [-0.1, -0.05) is 54.7 Å². The fourth-order valence-corrected chi connectivity index (χ4v) is 3.51. The summed E-state index contributed by atoms with van der Waals surface area (Å²) in [5.74, 6) is 1.24. The number of benzene rings is 2. The quantitative estimate of drug-likeness (QED) is 0.391. The van der Waals surface area contributed by atoms with Gasteiger partial charge >= 0.3 is 0 Å². The van der Waals surface area contributed by atoms with Crippen LogP contribution in [0.3, 0.4) is 0 Å². The zero-order valence-electron chi connectivity index (χ0n) is 17.2. The number of hydrogen-bond donors (Lipinski definition) is 1. The van der Waals surface area contributed by atoms with Gasteiger partial charge in [-0.3, -0.25) is 0 Å². The Morgan fingerprint density at radius 2 is 1.69 bits per heavy atom. The molecule has 2 aromatic rings. The van der Waals surface area contributed by atoms with Crippen LogP contribution in [0, 0.1) is 0 Å². The summed E-state index contributed by atoms with van der Waals surface area (Å²) < 4.78 is 11.4. The molecule has 2 rings (SSSR count). The zero-order valence-corrected chi connectivity index (χ0v) is 19.5. The number of nitrogens with one attached hydrogen (secondary N) is 1. The summed E-state index contributed by atoms with van der Waals surface area (Å²) >= 11 is 18.5. The van der Waals surface area contributed by atoms with Gasteiger partial charge in [-0.15, -0.1) is 0 Å². The molecule has 2 aromatic carbocycles. The summed E-state index contributed by atoms with van der Waals surface area (Å²) in [6.07, 6.45) is 1.10. The van der Waals surface area contributed by atoms with Crippen LogP contribution in [0.1, 0.15) is 31.4 Å². The van der Waals surface area contributed by atoms with E-state index in [0.29, 0.717) is 39.7 Å². The molecular formula is C22H29Cl3N2O2. The Labute approximate surface area is 189 Å². The average molecular weight is 460 g/mol. The molecule has 160 valence electrons. The minimum atomic E-state index is 0.340. The first-order valence-electron chi connectivity index (χ1n) is 9.84. The van der Waals surface area contributed by atoms with E-state index in [0.717, 1.165) is 43.7 Å². The predicted molar refractivity (Wildman–Crippen MR) is 123 cm³/mol. The Morgan fingerprint density at radius 3 is 2.34 bits per heavy atom. The first kappa shape index (κ1) is 24.1. The number of nitrogens with zero attached hydrogens (tertiary/aromatic N) is 1. The third-order valence-corrected chi connectivity index (χ3v) is 5.84. The van der Waals surface area contributed by atoms with Crippen molar-refractivity contribution in [3.63, 3.8) is 0 Å². The highest BCUT2D eigenvalue weighted by atomic mass is 35.5. The first-order chi connectivity index (χ1) is 14.0. The Bertz CT molecular complexity index is 783. The van der Waals surface area contributed by atoms with E-state index >= 15 is 0 Å². The van der Waals surface area contributed by atoms with Gasteiger partial charge < -0.3 is 19.7 Å². The van der Waals surface area contributed by atoms with Crippen molar-refractivity contribution in [2.75, 3.05) is 33.3 Å². The van der Waals surface area contributed by atoms with Gasteiger partial charge in [-0.25, -0.2) is 0 Å². The maximum absolute atomic E-state index is 6.47. The first-order valence-corrected chi connectivity index (χ1v) is 11.0. The van der Waals surface area contributed by atoms with Crippen LogP contribution < -0.4 is 14.8 Å². The second-order valence-corrected chi connectivity index (χ2v) is 7.91. The van der Waals surface area contributed by atoms with Gasteiger partial charge in [0.05, 0.1) is 17.2 Å². The fraction of sp³-hybridized carbons (Fsp3) is 0.455. The van der Waals surface area contributed by atoms with E-state index in [1.165, 1.54) is 0 Å². The van der Waals surface area contributed by atoms with E-state index in [1.807, 2.05) is 12.1 Å². The third-order valence-electron chi connectivity index (χ3n) is 4.75. The summed E-state index contributed by atoms with van der Waals surface area (Å²) in [5.41, 5.74) is 1.89. The molecule has 0 saturated heterocycles. The number of hydrogen-bond acceptors (Lipinski definition) is 4. The Morgan fingerprint density at radius 1 is 0.931 bits per heavy atom. The smallest absolute Gasteiger partial charge is 0.163 e. The van der Waals surface area contributed by atoms with Crippen molar-refractivity contribution in [2.24, 2.45) is 0 Å². The van der Waals surface area contributed by atoms with E-state index in [2.05, 4.69) is 24.1 Å². The predicted octanol–water partition coefficient (Wildman–Crippen LogP) is 6.06. The molecule has 0 saturated carbocycles. The van der Waals surface area contributed by atoms with Gasteiger partial charge in [0.25, 0.3) is 0 Å². The van der Waals surface area contributed by atoms with Gasteiger partial charge in [0.15, 0.2) is 11.5 Å². The Hall–Kier alpha value is -1.17. The molecule has 0 unspecified atom stereocenters. The minimum Gasteiger partial charge on any atom is -0.493 e. The van der Waals surface area contributed by atoms with Crippen molar-refractivity contribution in [3.8, 4) is 11.5 Å². The van der Waals surface area contributed by atoms with Gasteiger partial charge in [-0.2, -0.15) is 0 Å². The summed E-state index contributed by atoms with van der Waals surface area (Å²) in [6, 6.07) is 9.13. The van der Waals surface area contributed by atoms with Crippen LogP contribution in [0.25, 0.3) is 0 Å². The van der Waals surface area contributed by atoms with Gasteiger partial charge in [-0.05, 0) is 61.9 Å². The molecule has 0 heterocycles. The molecule has 0 bridgehead atoms. The summed E-state index contributed by atoms with van der Waals surface area (Å²) in [4.78, 5) is 2.41. The lowest BCUT2D eigenvalue weighted by atomic mass is 10.2. The monoisotopic (exact) mass is 458 g/mol. The van der Waals surface area contributed by atoms with Crippen molar-refractivity contribution in [1.29, 1.82) is 0 Å². The summed E-state index contributed by atoms with van der Waals surface area (Å²) in [6.45, 7) is 9.60. The molecule has 0 aliphatic carbocycles. The zero-order chi connectivity index (χ0) is 21.2. The normalized spacial score (nSPS) is 11.1. The lowest BCUT2D eigenvalue weighted by Crippen LogP contribution is -2.27. The number of halogens is 3. The van der Waals surface area contributed by atoms with E-state index in [1.54, 1.807) is 25.3 Å². The number of methoxy groups -OCH3 is 1. The SMILES string of the molecule is CCN(CC)CCCNCc1cc(OC)c(OCc2ccc(Cl)c(Cl)c2)cc1Cl. The van der Waals surface area contributed by atoms with Crippen LogP contribution in [0.4, 0.5) is 0 Å². The maximum atomic E-state index is 6.47. The van der Waals surface area contributed by atoms with Crippen LogP contribution in [0.15, 0.2) is 30.3 Å². The molecule has 7 heteroatoms. The second kappa shape index (κ2) is 12.5. The van der Waals surface area contributed by atoms with Gasteiger partial charge in [0.1, 0.15) is 6.61 Å². The second-order valence-electron chi connectivity index (χ2n) is 6.69. The molecule has 0 aromatic heterocycles. The fourth-order valence-electron chi connectivity index (χ4n) is 2.97. The standard InChI is InChI=1S/C22H29Cl3N2O2/c1-4-27(5-2)10-6-9-26-14-17-12-21(28-3)22(13-19(17)24)29-15-16-7-8-18(23)20(25)11-16/h7-8,11-13,26H,4-6,9-10,14-15H2,1-3H3. The molecular weight excluding hydrogens is 431 g/mol. The lowest BCUT2D eigenvalue weighted by Gasteiger charge is -2.18. The maximum Gasteiger partial charge on any atom is 0.163 e. The van der Waals surface area contributed by atoms with Crippen LogP contribution >= 0.6 is 34.8 Å². The summed E-state index contributed by atoms with van der Waals surface area (Å²) in [5, 5.41) is 5.11. The highest BCUT2D eigenvalue weighted by molar-refractivity contribution is 6.42. The molecule has 4 nitrogen and oxygen atoms in total. The lowest BCUT2D eigenvalue weighted by molar-refractivity contribution is 0.284. The van der Waals surface area contributed by atoms with Crippen LogP contribution in [-0.4, -0.2) is 38.2 Å². The van der Waals surface area contributed by atoms with E-state index < -0.39 is 0 Å². The van der Waals surface area contributed by atoms with Gasteiger partial charge in [0.2, 0.25) is 0 Å².